The molecule has 29 heavy (non-hydrogen) atoms. The minimum atomic E-state index is -0.000357. The second kappa shape index (κ2) is 8.87. The molecule has 2 aromatic rings. The molecule has 1 heterocycles. The lowest BCUT2D eigenvalue weighted by Crippen LogP contribution is -2.36. The number of hydrogen-bond donors (Lipinski definition) is 2. The molecule has 2 atom stereocenters. The number of rotatable bonds is 6. The summed E-state index contributed by atoms with van der Waals surface area (Å²) in [5.41, 5.74) is 5.16. The lowest BCUT2D eigenvalue weighted by Gasteiger charge is -2.22. The molecule has 2 N–H and O–H groups in total. The highest BCUT2D eigenvalue weighted by Gasteiger charge is 2.17. The van der Waals surface area contributed by atoms with Gasteiger partial charge in [-0.05, 0) is 73.9 Å². The topological polar surface area (TPSA) is 59.6 Å². The number of carbonyl (C=O) groups is 1. The molecule has 0 radical (unpaired) electrons. The van der Waals surface area contributed by atoms with Crippen LogP contribution in [0.2, 0.25) is 0 Å². The molecule has 2 aliphatic rings. The van der Waals surface area contributed by atoms with Gasteiger partial charge in [0.15, 0.2) is 11.5 Å². The summed E-state index contributed by atoms with van der Waals surface area (Å²) in [5, 5.41) is 6.42. The molecule has 0 saturated carbocycles. The van der Waals surface area contributed by atoms with Gasteiger partial charge in [-0.1, -0.05) is 24.3 Å². The third kappa shape index (κ3) is 4.73. The van der Waals surface area contributed by atoms with Gasteiger partial charge in [0, 0.05) is 6.04 Å². The molecule has 5 nitrogen and oxygen atoms in total. The van der Waals surface area contributed by atoms with Gasteiger partial charge in [-0.25, -0.2) is 0 Å². The molecule has 0 bridgehead atoms. The zero-order valence-electron chi connectivity index (χ0n) is 17.3. The van der Waals surface area contributed by atoms with E-state index >= 15 is 0 Å². The number of fused-ring (bicyclic) bond motifs is 2. The van der Waals surface area contributed by atoms with Gasteiger partial charge in [-0.2, -0.15) is 0 Å². The van der Waals surface area contributed by atoms with Crippen molar-refractivity contribution >= 4 is 5.91 Å². The lowest BCUT2D eigenvalue weighted by atomic mass is 9.89. The molecule has 0 aromatic heterocycles. The van der Waals surface area contributed by atoms with Crippen molar-refractivity contribution in [2.24, 2.45) is 0 Å². The molecule has 0 fully saturated rings. The monoisotopic (exact) mass is 394 g/mol. The summed E-state index contributed by atoms with van der Waals surface area (Å²) in [7, 11) is 0. The van der Waals surface area contributed by atoms with Crippen molar-refractivity contribution in [3.05, 3.63) is 58.7 Å². The van der Waals surface area contributed by atoms with Gasteiger partial charge in [0.2, 0.25) is 5.91 Å². The summed E-state index contributed by atoms with van der Waals surface area (Å²) in [6.07, 6.45) is 4.88. The van der Waals surface area contributed by atoms with Crippen molar-refractivity contribution < 1.29 is 14.3 Å². The van der Waals surface area contributed by atoms with Crippen LogP contribution in [0.3, 0.4) is 0 Å². The van der Waals surface area contributed by atoms with Crippen LogP contribution >= 0.6 is 0 Å². The highest BCUT2D eigenvalue weighted by molar-refractivity contribution is 5.78. The van der Waals surface area contributed by atoms with Crippen LogP contribution in [0, 0.1) is 0 Å². The summed E-state index contributed by atoms with van der Waals surface area (Å²) in [6, 6.07) is 12.6. The Hall–Kier alpha value is -2.53. The average molecular weight is 395 g/mol. The Labute approximate surface area is 172 Å². The summed E-state index contributed by atoms with van der Waals surface area (Å²) in [4.78, 5) is 12.5. The molecule has 0 unspecified atom stereocenters. The average Bonchev–Trinajstić information content (AvgIpc) is 2.76. The SMILES string of the molecule is C[C@@H](NCC(=O)N[C@H](C)c1ccc2c(c1)CCCC2)c1ccc2c(c1)OCCO2. The minimum Gasteiger partial charge on any atom is -0.486 e. The van der Waals surface area contributed by atoms with Crippen molar-refractivity contribution in [3.63, 3.8) is 0 Å². The van der Waals surface area contributed by atoms with Crippen LogP contribution in [0.4, 0.5) is 0 Å². The summed E-state index contributed by atoms with van der Waals surface area (Å²) in [6.45, 7) is 5.52. The maximum atomic E-state index is 12.5. The molecule has 0 spiro atoms. The Morgan fingerprint density at radius 3 is 2.41 bits per heavy atom. The van der Waals surface area contributed by atoms with Gasteiger partial charge < -0.3 is 20.1 Å². The smallest absolute Gasteiger partial charge is 0.234 e. The predicted molar refractivity (Wildman–Crippen MR) is 113 cm³/mol. The van der Waals surface area contributed by atoms with Crippen molar-refractivity contribution in [2.45, 2.75) is 51.6 Å². The summed E-state index contributed by atoms with van der Waals surface area (Å²) in [5.74, 6) is 1.55. The predicted octanol–water partition coefficient (Wildman–Crippen LogP) is 3.86. The maximum absolute atomic E-state index is 12.5. The second-order valence-corrected chi connectivity index (χ2v) is 8.03. The van der Waals surface area contributed by atoms with Crippen LogP contribution in [0.15, 0.2) is 36.4 Å². The van der Waals surface area contributed by atoms with Crippen LogP contribution in [-0.4, -0.2) is 25.7 Å². The third-order valence-electron chi connectivity index (χ3n) is 5.89. The highest BCUT2D eigenvalue weighted by atomic mass is 16.6. The maximum Gasteiger partial charge on any atom is 0.234 e. The van der Waals surface area contributed by atoms with Gasteiger partial charge in [0.25, 0.3) is 0 Å². The lowest BCUT2D eigenvalue weighted by molar-refractivity contribution is -0.121. The van der Waals surface area contributed by atoms with E-state index in [0.29, 0.717) is 13.2 Å². The molecule has 1 amide bonds. The normalized spacial score (nSPS) is 17.2. The van der Waals surface area contributed by atoms with Crippen LogP contribution in [0.5, 0.6) is 11.5 Å². The van der Waals surface area contributed by atoms with E-state index in [0.717, 1.165) is 23.5 Å². The van der Waals surface area contributed by atoms with E-state index in [1.54, 1.807) is 0 Å². The fraction of sp³-hybridized carbons (Fsp3) is 0.458. The van der Waals surface area contributed by atoms with Crippen LogP contribution < -0.4 is 20.1 Å². The van der Waals surface area contributed by atoms with Crippen LogP contribution in [-0.2, 0) is 17.6 Å². The number of aryl methyl sites for hydroxylation is 2. The number of amides is 1. The van der Waals surface area contributed by atoms with Crippen molar-refractivity contribution in [1.82, 2.24) is 10.6 Å². The molecule has 0 saturated heterocycles. The molecule has 5 heteroatoms. The molecule has 4 rings (SSSR count). The van der Waals surface area contributed by atoms with Gasteiger partial charge in [-0.3, -0.25) is 4.79 Å². The number of ether oxygens (including phenoxy) is 2. The number of nitrogens with one attached hydrogen (secondary N) is 2. The fourth-order valence-electron chi connectivity index (χ4n) is 4.09. The Balaban J connectivity index is 1.30. The van der Waals surface area contributed by atoms with Gasteiger partial charge in [0.05, 0.1) is 12.6 Å². The zero-order valence-corrected chi connectivity index (χ0v) is 17.3. The van der Waals surface area contributed by atoms with Crippen molar-refractivity contribution in [3.8, 4) is 11.5 Å². The molecule has 154 valence electrons. The first-order valence-corrected chi connectivity index (χ1v) is 10.6. The van der Waals surface area contributed by atoms with Crippen LogP contribution in [0.25, 0.3) is 0 Å². The second-order valence-electron chi connectivity index (χ2n) is 8.03. The first kappa shape index (κ1) is 19.8. The summed E-state index contributed by atoms with van der Waals surface area (Å²) >= 11 is 0. The zero-order chi connectivity index (χ0) is 20.2. The van der Waals surface area contributed by atoms with Crippen molar-refractivity contribution in [2.75, 3.05) is 19.8 Å². The van der Waals surface area contributed by atoms with Gasteiger partial charge >= 0.3 is 0 Å². The Morgan fingerprint density at radius 1 is 0.897 bits per heavy atom. The van der Waals surface area contributed by atoms with E-state index in [-0.39, 0.29) is 24.5 Å². The fourth-order valence-corrected chi connectivity index (χ4v) is 4.09. The molecular formula is C24H30N2O3. The number of carbonyl (C=O) groups excluding carboxylic acids is 1. The van der Waals surface area contributed by atoms with E-state index in [2.05, 4.69) is 28.8 Å². The van der Waals surface area contributed by atoms with E-state index in [9.17, 15) is 4.79 Å². The Morgan fingerprint density at radius 2 is 1.59 bits per heavy atom. The van der Waals surface area contributed by atoms with Crippen molar-refractivity contribution in [1.29, 1.82) is 0 Å². The van der Waals surface area contributed by atoms with E-state index in [1.807, 2.05) is 32.0 Å². The number of benzene rings is 2. The summed E-state index contributed by atoms with van der Waals surface area (Å²) < 4.78 is 11.2. The minimum absolute atomic E-state index is 0.000357. The first-order valence-electron chi connectivity index (χ1n) is 10.6. The first-order chi connectivity index (χ1) is 14.1. The highest BCUT2D eigenvalue weighted by Crippen LogP contribution is 2.32. The number of hydrogen-bond acceptors (Lipinski definition) is 4. The Kier molecular flexibility index (Phi) is 6.05. The van der Waals surface area contributed by atoms with Gasteiger partial charge in [0.1, 0.15) is 13.2 Å². The molecule has 2 aromatic carbocycles. The largest absolute Gasteiger partial charge is 0.486 e. The molecule has 1 aliphatic heterocycles. The Bertz CT molecular complexity index is 880. The molecule has 1 aliphatic carbocycles. The standard InChI is InChI=1S/C24H30N2O3/c1-16(20-9-10-22-23(14-20)29-12-11-28-22)25-15-24(27)26-17(2)19-8-7-18-5-3-4-6-21(18)13-19/h7-10,13-14,16-17,25H,3-6,11-12,15H2,1-2H3,(H,26,27)/t16-,17-/m1/s1. The molecular weight excluding hydrogens is 364 g/mol. The van der Waals surface area contributed by atoms with Gasteiger partial charge in [-0.15, -0.1) is 0 Å². The van der Waals surface area contributed by atoms with E-state index in [4.69, 9.17) is 9.47 Å². The quantitative estimate of drug-likeness (QED) is 0.781. The van der Waals surface area contributed by atoms with E-state index < -0.39 is 0 Å². The third-order valence-corrected chi connectivity index (χ3v) is 5.89. The van der Waals surface area contributed by atoms with Crippen LogP contribution in [0.1, 0.15) is 61.0 Å². The van der Waals surface area contributed by atoms with E-state index in [1.165, 1.54) is 36.0 Å².